The monoisotopic (exact) mass is 358 g/mol. The Morgan fingerprint density at radius 3 is 2.80 bits per heavy atom. The number of carboxylic acids is 1. The molecule has 3 N–H and O–H groups in total. The first-order valence-electron chi connectivity index (χ1n) is 7.96. The average Bonchev–Trinajstić information content (AvgIpc) is 2.98. The summed E-state index contributed by atoms with van der Waals surface area (Å²) in [5.74, 6) is -0.290. The predicted molar refractivity (Wildman–Crippen MR) is 98.7 cm³/mol. The van der Waals surface area contributed by atoms with Gasteiger partial charge in [-0.05, 0) is 36.7 Å². The number of hydrogen-bond acceptors (Lipinski definition) is 3. The molecular weight excluding hydrogens is 340 g/mol. The lowest BCUT2D eigenvalue weighted by Gasteiger charge is -2.07. The molecule has 1 aromatic heterocycles. The fourth-order valence-corrected chi connectivity index (χ4v) is 3.10. The molecule has 2 aromatic carbocycles. The molecule has 0 saturated carbocycles. The SMILES string of the molecule is COc1ccc2c(CNCCc3ccccc3Cl)c(C(=O)O)[nH]c2c1. The Labute approximate surface area is 150 Å². The molecule has 3 rings (SSSR count). The lowest BCUT2D eigenvalue weighted by Crippen LogP contribution is -2.18. The number of carbonyl (C=O) groups is 1. The van der Waals surface area contributed by atoms with E-state index in [0.29, 0.717) is 18.8 Å². The van der Waals surface area contributed by atoms with Crippen LogP contribution in [0.25, 0.3) is 10.9 Å². The first-order chi connectivity index (χ1) is 12.1. The van der Waals surface area contributed by atoms with Crippen molar-refractivity contribution in [2.24, 2.45) is 0 Å². The third kappa shape index (κ3) is 3.78. The van der Waals surface area contributed by atoms with E-state index in [9.17, 15) is 9.90 Å². The molecule has 6 heteroatoms. The average molecular weight is 359 g/mol. The number of aromatic nitrogens is 1. The van der Waals surface area contributed by atoms with Crippen molar-refractivity contribution in [1.29, 1.82) is 0 Å². The van der Waals surface area contributed by atoms with Gasteiger partial charge in [0.25, 0.3) is 0 Å². The molecule has 0 spiro atoms. The van der Waals surface area contributed by atoms with Crippen molar-refractivity contribution >= 4 is 28.5 Å². The number of H-pyrrole nitrogens is 1. The Morgan fingerprint density at radius 2 is 2.08 bits per heavy atom. The van der Waals surface area contributed by atoms with E-state index in [1.54, 1.807) is 13.2 Å². The van der Waals surface area contributed by atoms with Crippen LogP contribution in [0, 0.1) is 0 Å². The van der Waals surface area contributed by atoms with E-state index in [1.807, 2.05) is 36.4 Å². The van der Waals surface area contributed by atoms with Crippen LogP contribution in [0.1, 0.15) is 21.6 Å². The lowest BCUT2D eigenvalue weighted by atomic mass is 10.1. The smallest absolute Gasteiger partial charge is 0.352 e. The highest BCUT2D eigenvalue weighted by Gasteiger charge is 2.17. The van der Waals surface area contributed by atoms with Crippen LogP contribution in [0.5, 0.6) is 5.75 Å². The summed E-state index contributed by atoms with van der Waals surface area (Å²) in [4.78, 5) is 14.5. The molecule has 3 aromatic rings. The van der Waals surface area contributed by atoms with Crippen LogP contribution in [0.4, 0.5) is 0 Å². The van der Waals surface area contributed by atoms with Gasteiger partial charge in [-0.25, -0.2) is 4.79 Å². The van der Waals surface area contributed by atoms with Crippen LogP contribution >= 0.6 is 11.6 Å². The molecule has 0 aliphatic heterocycles. The van der Waals surface area contributed by atoms with Crippen LogP contribution in [0.3, 0.4) is 0 Å². The van der Waals surface area contributed by atoms with Gasteiger partial charge >= 0.3 is 5.97 Å². The molecule has 0 aliphatic rings. The van der Waals surface area contributed by atoms with Crippen molar-refractivity contribution in [3.05, 3.63) is 64.3 Å². The molecule has 0 saturated heterocycles. The topological polar surface area (TPSA) is 74.3 Å². The summed E-state index contributed by atoms with van der Waals surface area (Å²) in [6.07, 6.45) is 0.776. The summed E-state index contributed by atoms with van der Waals surface area (Å²) < 4.78 is 5.20. The quantitative estimate of drug-likeness (QED) is 0.561. The second-order valence-electron chi connectivity index (χ2n) is 5.71. The summed E-state index contributed by atoms with van der Waals surface area (Å²) in [5, 5.41) is 14.4. The van der Waals surface area contributed by atoms with Crippen molar-refractivity contribution in [2.75, 3.05) is 13.7 Å². The maximum Gasteiger partial charge on any atom is 0.352 e. The van der Waals surface area contributed by atoms with E-state index in [0.717, 1.165) is 33.5 Å². The van der Waals surface area contributed by atoms with Crippen LogP contribution in [-0.2, 0) is 13.0 Å². The first-order valence-corrected chi connectivity index (χ1v) is 8.34. The molecule has 5 nitrogen and oxygen atoms in total. The van der Waals surface area contributed by atoms with Gasteiger partial charge in [0.1, 0.15) is 11.4 Å². The zero-order valence-corrected chi connectivity index (χ0v) is 14.6. The number of hydrogen-bond donors (Lipinski definition) is 3. The zero-order chi connectivity index (χ0) is 17.8. The van der Waals surface area contributed by atoms with Crippen LogP contribution in [0.15, 0.2) is 42.5 Å². The third-order valence-electron chi connectivity index (χ3n) is 4.16. The predicted octanol–water partition coefficient (Wildman–Crippen LogP) is 3.86. The first kappa shape index (κ1) is 17.3. The number of halogens is 1. The Hall–Kier alpha value is -2.50. The summed E-state index contributed by atoms with van der Waals surface area (Å²) in [6.45, 7) is 1.16. The number of ether oxygens (including phenoxy) is 1. The molecule has 0 aliphatic carbocycles. The van der Waals surface area contributed by atoms with Crippen molar-refractivity contribution in [2.45, 2.75) is 13.0 Å². The van der Waals surface area contributed by atoms with Gasteiger partial charge in [-0.2, -0.15) is 0 Å². The Balaban J connectivity index is 1.75. The summed E-state index contributed by atoms with van der Waals surface area (Å²) >= 11 is 6.15. The second kappa shape index (κ2) is 7.59. The third-order valence-corrected chi connectivity index (χ3v) is 4.53. The van der Waals surface area contributed by atoms with Crippen molar-refractivity contribution in [3.8, 4) is 5.75 Å². The number of fused-ring (bicyclic) bond motifs is 1. The van der Waals surface area contributed by atoms with Crippen molar-refractivity contribution in [3.63, 3.8) is 0 Å². The fourth-order valence-electron chi connectivity index (χ4n) is 2.87. The number of nitrogens with one attached hydrogen (secondary N) is 2. The lowest BCUT2D eigenvalue weighted by molar-refractivity contribution is 0.0690. The number of aromatic carboxylic acids is 1. The van der Waals surface area contributed by atoms with E-state index in [1.165, 1.54) is 0 Å². The Kier molecular flexibility index (Phi) is 5.26. The molecule has 1 heterocycles. The van der Waals surface area contributed by atoms with Crippen molar-refractivity contribution < 1.29 is 14.6 Å². The molecule has 0 radical (unpaired) electrons. The number of benzene rings is 2. The van der Waals surface area contributed by atoms with Gasteiger partial charge in [-0.15, -0.1) is 0 Å². The minimum Gasteiger partial charge on any atom is -0.497 e. The largest absolute Gasteiger partial charge is 0.497 e. The fraction of sp³-hybridized carbons (Fsp3) is 0.211. The van der Waals surface area contributed by atoms with Gasteiger partial charge < -0.3 is 20.1 Å². The maximum absolute atomic E-state index is 11.5. The summed E-state index contributed by atoms with van der Waals surface area (Å²) in [7, 11) is 1.58. The molecule has 0 fully saturated rings. The Bertz CT molecular complexity index is 905. The van der Waals surface area contributed by atoms with Gasteiger partial charge in [0, 0.05) is 28.6 Å². The van der Waals surface area contributed by atoms with Crippen LogP contribution in [-0.4, -0.2) is 29.7 Å². The molecule has 0 bridgehead atoms. The summed E-state index contributed by atoms with van der Waals surface area (Å²) in [5.41, 5.74) is 2.76. The van der Waals surface area contributed by atoms with E-state index in [2.05, 4.69) is 10.3 Å². The normalized spacial score (nSPS) is 11.0. The minimum absolute atomic E-state index is 0.202. The minimum atomic E-state index is -0.974. The van der Waals surface area contributed by atoms with Gasteiger partial charge in [0.15, 0.2) is 0 Å². The molecule has 130 valence electrons. The van der Waals surface area contributed by atoms with Gasteiger partial charge in [-0.1, -0.05) is 29.8 Å². The van der Waals surface area contributed by atoms with Crippen LogP contribution < -0.4 is 10.1 Å². The highest BCUT2D eigenvalue weighted by molar-refractivity contribution is 6.31. The van der Waals surface area contributed by atoms with Crippen molar-refractivity contribution in [1.82, 2.24) is 10.3 Å². The number of carboxylic acid groups (broad SMARTS) is 1. The highest BCUT2D eigenvalue weighted by Crippen LogP contribution is 2.26. The number of aromatic amines is 1. The standard InChI is InChI=1S/C19H19ClN2O3/c1-25-13-6-7-14-15(18(19(23)24)22-17(14)10-13)11-21-9-8-12-4-2-3-5-16(12)20/h2-7,10,21-22H,8-9,11H2,1H3,(H,23,24). The molecule has 0 unspecified atom stereocenters. The van der Waals surface area contributed by atoms with E-state index < -0.39 is 5.97 Å². The van der Waals surface area contributed by atoms with Crippen LogP contribution in [0.2, 0.25) is 5.02 Å². The second-order valence-corrected chi connectivity index (χ2v) is 6.12. The Morgan fingerprint density at radius 1 is 1.28 bits per heavy atom. The van der Waals surface area contributed by atoms with Gasteiger partial charge in [0.2, 0.25) is 0 Å². The van der Waals surface area contributed by atoms with Gasteiger partial charge in [-0.3, -0.25) is 0 Å². The molecule has 0 amide bonds. The molecular formula is C19H19ClN2O3. The van der Waals surface area contributed by atoms with E-state index in [4.69, 9.17) is 16.3 Å². The summed E-state index contributed by atoms with van der Waals surface area (Å²) in [6, 6.07) is 13.2. The molecule has 0 atom stereocenters. The highest BCUT2D eigenvalue weighted by atomic mass is 35.5. The number of rotatable bonds is 7. The van der Waals surface area contributed by atoms with E-state index in [-0.39, 0.29) is 5.69 Å². The maximum atomic E-state index is 11.5. The number of methoxy groups -OCH3 is 1. The van der Waals surface area contributed by atoms with E-state index >= 15 is 0 Å². The molecule has 25 heavy (non-hydrogen) atoms. The van der Waals surface area contributed by atoms with Gasteiger partial charge in [0.05, 0.1) is 12.6 Å². The zero-order valence-electron chi connectivity index (χ0n) is 13.8.